The Morgan fingerprint density at radius 3 is 2.89 bits per heavy atom. The van der Waals surface area contributed by atoms with Crippen molar-refractivity contribution < 1.29 is 4.74 Å². The fourth-order valence-corrected chi connectivity index (χ4v) is 2.64. The van der Waals surface area contributed by atoms with Crippen LogP contribution in [-0.4, -0.2) is 23.9 Å². The highest BCUT2D eigenvalue weighted by molar-refractivity contribution is 7.80. The van der Waals surface area contributed by atoms with Gasteiger partial charge in [0.2, 0.25) is 0 Å². The summed E-state index contributed by atoms with van der Waals surface area (Å²) in [5, 5.41) is 7.25. The molecule has 1 aromatic rings. The average Bonchev–Trinajstić information content (AvgIpc) is 2.88. The predicted octanol–water partition coefficient (Wildman–Crippen LogP) is 3.16. The molecule has 0 bridgehead atoms. The van der Waals surface area contributed by atoms with Gasteiger partial charge in [-0.3, -0.25) is 0 Å². The summed E-state index contributed by atoms with van der Waals surface area (Å²) in [4.78, 5) is 0. The molecular weight excluding hydrogens is 256 g/mol. The van der Waals surface area contributed by atoms with E-state index in [9.17, 15) is 0 Å². The summed E-state index contributed by atoms with van der Waals surface area (Å²) < 4.78 is 5.66. The molecule has 1 heterocycles. The Kier molecular flexibility index (Phi) is 4.77. The second kappa shape index (κ2) is 6.35. The first-order valence-corrected chi connectivity index (χ1v) is 7.24. The smallest absolute Gasteiger partial charge is 0.171 e. The van der Waals surface area contributed by atoms with E-state index in [-0.39, 0.29) is 12.1 Å². The molecule has 19 heavy (non-hydrogen) atoms. The summed E-state index contributed by atoms with van der Waals surface area (Å²) >= 11 is 5.37. The summed E-state index contributed by atoms with van der Waals surface area (Å²) in [6.45, 7) is 7.19. The van der Waals surface area contributed by atoms with Crippen LogP contribution in [0.2, 0.25) is 0 Å². The standard InChI is InChI=1S/C15H22N2OS/c1-10-6-4-7-13(11(10)2)17-15(19)16-12(3)14-8-5-9-18-14/h4,6-7,12,14H,5,8-9H2,1-3H3,(H2,16,17,19). The van der Waals surface area contributed by atoms with Crippen molar-refractivity contribution in [1.29, 1.82) is 0 Å². The quantitative estimate of drug-likeness (QED) is 0.832. The summed E-state index contributed by atoms with van der Waals surface area (Å²) in [6, 6.07) is 6.43. The van der Waals surface area contributed by atoms with Gasteiger partial charge < -0.3 is 15.4 Å². The molecule has 3 nitrogen and oxygen atoms in total. The van der Waals surface area contributed by atoms with E-state index in [2.05, 4.69) is 37.5 Å². The molecule has 4 heteroatoms. The van der Waals surface area contributed by atoms with Crippen LogP contribution in [0.4, 0.5) is 5.69 Å². The topological polar surface area (TPSA) is 33.3 Å². The fraction of sp³-hybridized carbons (Fsp3) is 0.533. The molecule has 0 aromatic heterocycles. The van der Waals surface area contributed by atoms with Crippen LogP contribution in [0.25, 0.3) is 0 Å². The summed E-state index contributed by atoms with van der Waals surface area (Å²) in [6.07, 6.45) is 2.53. The Labute approximate surface area is 120 Å². The van der Waals surface area contributed by atoms with Crippen molar-refractivity contribution in [2.75, 3.05) is 11.9 Å². The number of ether oxygens (including phenoxy) is 1. The first-order valence-electron chi connectivity index (χ1n) is 6.83. The van der Waals surface area contributed by atoms with Gasteiger partial charge in [-0.15, -0.1) is 0 Å². The molecule has 2 atom stereocenters. The van der Waals surface area contributed by atoms with Gasteiger partial charge in [0.1, 0.15) is 0 Å². The monoisotopic (exact) mass is 278 g/mol. The average molecular weight is 278 g/mol. The van der Waals surface area contributed by atoms with E-state index in [1.165, 1.54) is 11.1 Å². The van der Waals surface area contributed by atoms with Crippen LogP contribution >= 0.6 is 12.2 Å². The fourth-order valence-electron chi connectivity index (χ4n) is 2.34. The van der Waals surface area contributed by atoms with Gasteiger partial charge >= 0.3 is 0 Å². The molecule has 0 saturated carbocycles. The van der Waals surface area contributed by atoms with Crippen LogP contribution < -0.4 is 10.6 Å². The maximum absolute atomic E-state index is 5.66. The lowest BCUT2D eigenvalue weighted by molar-refractivity contribution is 0.0895. The van der Waals surface area contributed by atoms with E-state index in [0.717, 1.165) is 25.1 Å². The third kappa shape index (κ3) is 3.67. The minimum Gasteiger partial charge on any atom is -0.376 e. The maximum atomic E-state index is 5.66. The molecular formula is C15H22N2OS. The van der Waals surface area contributed by atoms with Gasteiger partial charge in [0.25, 0.3) is 0 Å². The van der Waals surface area contributed by atoms with Crippen LogP contribution in [0.1, 0.15) is 30.9 Å². The van der Waals surface area contributed by atoms with E-state index >= 15 is 0 Å². The number of aryl methyl sites for hydroxylation is 1. The van der Waals surface area contributed by atoms with Gasteiger partial charge in [0, 0.05) is 12.3 Å². The Hall–Kier alpha value is -1.13. The minimum absolute atomic E-state index is 0.243. The number of thiocarbonyl (C=S) groups is 1. The predicted molar refractivity (Wildman–Crippen MR) is 83.7 cm³/mol. The molecule has 0 spiro atoms. The van der Waals surface area contributed by atoms with Crippen LogP contribution in [-0.2, 0) is 4.74 Å². The Morgan fingerprint density at radius 2 is 2.21 bits per heavy atom. The Balaban J connectivity index is 1.91. The van der Waals surface area contributed by atoms with Crippen LogP contribution in [0, 0.1) is 13.8 Å². The Morgan fingerprint density at radius 1 is 1.42 bits per heavy atom. The van der Waals surface area contributed by atoms with Crippen LogP contribution in [0.3, 0.4) is 0 Å². The number of benzene rings is 1. The largest absolute Gasteiger partial charge is 0.376 e. The van der Waals surface area contributed by atoms with Gasteiger partial charge in [0.15, 0.2) is 5.11 Å². The zero-order valence-electron chi connectivity index (χ0n) is 11.8. The SMILES string of the molecule is Cc1cccc(NC(=S)NC(C)C2CCCO2)c1C. The molecule has 2 unspecified atom stereocenters. The van der Waals surface area contributed by atoms with E-state index in [1.54, 1.807) is 0 Å². The second-order valence-electron chi connectivity index (χ2n) is 5.19. The molecule has 0 aliphatic carbocycles. The highest BCUT2D eigenvalue weighted by Gasteiger charge is 2.22. The molecule has 2 rings (SSSR count). The van der Waals surface area contributed by atoms with Crippen molar-refractivity contribution in [3.05, 3.63) is 29.3 Å². The lowest BCUT2D eigenvalue weighted by Gasteiger charge is -2.22. The zero-order valence-corrected chi connectivity index (χ0v) is 12.6. The van der Waals surface area contributed by atoms with Gasteiger partial charge in [-0.2, -0.15) is 0 Å². The molecule has 1 fully saturated rings. The molecule has 1 saturated heterocycles. The maximum Gasteiger partial charge on any atom is 0.171 e. The number of hydrogen-bond acceptors (Lipinski definition) is 2. The second-order valence-corrected chi connectivity index (χ2v) is 5.59. The summed E-state index contributed by atoms with van der Waals surface area (Å²) in [7, 11) is 0. The highest BCUT2D eigenvalue weighted by Crippen LogP contribution is 2.18. The van der Waals surface area contributed by atoms with E-state index < -0.39 is 0 Å². The third-order valence-electron chi connectivity index (χ3n) is 3.73. The highest BCUT2D eigenvalue weighted by atomic mass is 32.1. The number of anilines is 1. The van der Waals surface area contributed by atoms with Gasteiger partial charge in [0.05, 0.1) is 12.1 Å². The van der Waals surface area contributed by atoms with Crippen molar-refractivity contribution in [1.82, 2.24) is 5.32 Å². The van der Waals surface area contributed by atoms with Gasteiger partial charge in [-0.1, -0.05) is 12.1 Å². The molecule has 0 amide bonds. The van der Waals surface area contributed by atoms with Crippen LogP contribution in [0.15, 0.2) is 18.2 Å². The molecule has 1 aromatic carbocycles. The first-order chi connectivity index (χ1) is 9.08. The molecule has 0 radical (unpaired) electrons. The molecule has 104 valence electrons. The normalized spacial score (nSPS) is 20.1. The zero-order chi connectivity index (χ0) is 13.8. The van der Waals surface area contributed by atoms with E-state index in [1.807, 2.05) is 12.1 Å². The molecule has 1 aliphatic rings. The van der Waals surface area contributed by atoms with Crippen molar-refractivity contribution >= 4 is 23.0 Å². The number of rotatable bonds is 3. The molecule has 2 N–H and O–H groups in total. The van der Waals surface area contributed by atoms with Crippen molar-refractivity contribution in [2.45, 2.75) is 45.8 Å². The lowest BCUT2D eigenvalue weighted by atomic mass is 10.1. The van der Waals surface area contributed by atoms with Crippen molar-refractivity contribution in [3.63, 3.8) is 0 Å². The Bertz CT molecular complexity index is 455. The minimum atomic E-state index is 0.243. The first kappa shape index (κ1) is 14.3. The van der Waals surface area contributed by atoms with E-state index in [4.69, 9.17) is 17.0 Å². The lowest BCUT2D eigenvalue weighted by Crippen LogP contribution is -2.42. The number of nitrogens with one attached hydrogen (secondary N) is 2. The van der Waals surface area contributed by atoms with Crippen molar-refractivity contribution in [3.8, 4) is 0 Å². The summed E-state index contributed by atoms with van der Waals surface area (Å²) in [5.74, 6) is 0. The van der Waals surface area contributed by atoms with Gasteiger partial charge in [-0.25, -0.2) is 0 Å². The van der Waals surface area contributed by atoms with Gasteiger partial charge in [-0.05, 0) is 63.0 Å². The van der Waals surface area contributed by atoms with Crippen LogP contribution in [0.5, 0.6) is 0 Å². The summed E-state index contributed by atoms with van der Waals surface area (Å²) in [5.41, 5.74) is 3.56. The van der Waals surface area contributed by atoms with Crippen molar-refractivity contribution in [2.24, 2.45) is 0 Å². The van der Waals surface area contributed by atoms with E-state index in [0.29, 0.717) is 5.11 Å². The third-order valence-corrected chi connectivity index (χ3v) is 3.95. The number of hydrogen-bond donors (Lipinski definition) is 2. The molecule has 1 aliphatic heterocycles.